The van der Waals surface area contributed by atoms with E-state index < -0.39 is 13.5 Å². The lowest BCUT2D eigenvalue weighted by Gasteiger charge is -2.16. The van der Waals surface area contributed by atoms with Crippen LogP contribution in [0.25, 0.3) is 0 Å². The van der Waals surface area contributed by atoms with Crippen LogP contribution in [0.3, 0.4) is 0 Å². The Labute approximate surface area is 106 Å². The average Bonchev–Trinajstić information content (AvgIpc) is 2.29. The third-order valence-electron chi connectivity index (χ3n) is 2.10. The standard InChI is InChI=1S/C11H17N2O4P/c1-3-16-18(15,17-4-2)8-9-5-6-13-10(7-9)11(12)14/h5-7H,3-4,8H2,1-2H3,(H2,12,14)/i11+2. The zero-order chi connectivity index (χ0) is 13.6. The third kappa shape index (κ3) is 4.22. The van der Waals surface area contributed by atoms with E-state index in [2.05, 4.69) is 4.98 Å². The first kappa shape index (κ1) is 14.8. The summed E-state index contributed by atoms with van der Waals surface area (Å²) in [5.41, 5.74) is 5.90. The second kappa shape index (κ2) is 6.64. The largest absolute Gasteiger partial charge is 0.364 e. The molecule has 6 nitrogen and oxygen atoms in total. The Morgan fingerprint density at radius 2 is 2.00 bits per heavy atom. The fourth-order valence-corrected chi connectivity index (χ4v) is 3.14. The van der Waals surface area contributed by atoms with Crippen molar-refractivity contribution in [3.8, 4) is 0 Å². The summed E-state index contributed by atoms with van der Waals surface area (Å²) in [4.78, 5) is 14.8. The van der Waals surface area contributed by atoms with Gasteiger partial charge < -0.3 is 14.8 Å². The lowest BCUT2D eigenvalue weighted by molar-refractivity contribution is 0.0995. The number of aromatic nitrogens is 1. The van der Waals surface area contributed by atoms with Gasteiger partial charge in [0.15, 0.2) is 0 Å². The molecule has 18 heavy (non-hydrogen) atoms. The Morgan fingerprint density at radius 1 is 1.39 bits per heavy atom. The second-order valence-electron chi connectivity index (χ2n) is 3.52. The van der Waals surface area contributed by atoms with Gasteiger partial charge in [0.2, 0.25) is 0 Å². The van der Waals surface area contributed by atoms with E-state index >= 15 is 0 Å². The van der Waals surface area contributed by atoms with Crippen LogP contribution >= 0.6 is 7.60 Å². The van der Waals surface area contributed by atoms with Crippen LogP contribution in [-0.2, 0) is 19.8 Å². The maximum absolute atomic E-state index is 12.3. The molecule has 0 unspecified atom stereocenters. The van der Waals surface area contributed by atoms with Crippen LogP contribution in [0.4, 0.5) is 0 Å². The highest BCUT2D eigenvalue weighted by atomic mass is 31.2. The molecule has 7 heteroatoms. The van der Waals surface area contributed by atoms with E-state index in [9.17, 15) is 9.36 Å². The summed E-state index contributed by atoms with van der Waals surface area (Å²) < 4.78 is 22.6. The van der Waals surface area contributed by atoms with Gasteiger partial charge >= 0.3 is 7.60 Å². The van der Waals surface area contributed by atoms with E-state index in [-0.39, 0.29) is 11.9 Å². The van der Waals surface area contributed by atoms with Crippen LogP contribution in [0.2, 0.25) is 0 Å². The number of amides is 1. The predicted molar refractivity (Wildman–Crippen MR) is 67.3 cm³/mol. The average molecular weight is 274 g/mol. The van der Waals surface area contributed by atoms with Crippen molar-refractivity contribution in [3.05, 3.63) is 29.6 Å². The Hall–Kier alpha value is -1.23. The number of pyridine rings is 1. The summed E-state index contributed by atoms with van der Waals surface area (Å²) in [5.74, 6) is -0.625. The summed E-state index contributed by atoms with van der Waals surface area (Å²) in [6, 6.07) is 3.14. The first-order valence-corrected chi connectivity index (χ1v) is 7.36. The molecule has 1 amide bonds. The van der Waals surface area contributed by atoms with Crippen molar-refractivity contribution in [2.75, 3.05) is 13.2 Å². The summed E-state index contributed by atoms with van der Waals surface area (Å²) in [6.45, 7) is 4.08. The molecular weight excluding hydrogens is 257 g/mol. The molecule has 1 heterocycles. The maximum Gasteiger partial charge on any atom is 0.335 e. The number of hydrogen-bond donors (Lipinski definition) is 1. The van der Waals surface area contributed by atoms with Crippen LogP contribution in [0.5, 0.6) is 0 Å². The number of primary amides is 1. The monoisotopic (exact) mass is 274 g/mol. The Kier molecular flexibility index (Phi) is 5.47. The number of carbonyl (C=O) groups is 1. The van der Waals surface area contributed by atoms with Gasteiger partial charge in [-0.25, -0.2) is 0 Å². The number of carbonyl (C=O) groups excluding carboxylic acids is 1. The van der Waals surface area contributed by atoms with Gasteiger partial charge in [-0.3, -0.25) is 14.3 Å². The second-order valence-corrected chi connectivity index (χ2v) is 5.57. The molecule has 0 aliphatic carbocycles. The molecule has 1 aromatic heterocycles. The summed E-state index contributed by atoms with van der Waals surface area (Å²) in [6.07, 6.45) is 1.54. The highest BCUT2D eigenvalue weighted by Gasteiger charge is 2.24. The van der Waals surface area contributed by atoms with Crippen molar-refractivity contribution in [1.82, 2.24) is 4.98 Å². The van der Waals surface area contributed by atoms with E-state index in [0.717, 1.165) is 0 Å². The first-order chi connectivity index (χ1) is 8.50. The maximum atomic E-state index is 12.3. The summed E-state index contributed by atoms with van der Waals surface area (Å²) in [7, 11) is -3.17. The van der Waals surface area contributed by atoms with Crippen LogP contribution in [0.1, 0.15) is 29.9 Å². The quantitative estimate of drug-likeness (QED) is 0.767. The van der Waals surface area contributed by atoms with Gasteiger partial charge in [0.1, 0.15) is 5.69 Å². The highest BCUT2D eigenvalue weighted by Crippen LogP contribution is 2.51. The SMILES string of the molecule is CCOP(=O)(Cc1ccnc([14C](N)=O)c1)OCC. The van der Waals surface area contributed by atoms with Gasteiger partial charge in [0.05, 0.1) is 19.4 Å². The fraction of sp³-hybridized carbons (Fsp3) is 0.455. The molecule has 0 atom stereocenters. The Bertz CT molecular complexity index is 454. The summed E-state index contributed by atoms with van der Waals surface area (Å²) in [5, 5.41) is 0. The third-order valence-corrected chi connectivity index (χ3v) is 4.16. The van der Waals surface area contributed by atoms with E-state index in [1.54, 1.807) is 19.9 Å². The number of nitrogens with two attached hydrogens (primary N) is 1. The molecule has 0 aliphatic rings. The molecule has 0 saturated carbocycles. The minimum atomic E-state index is -3.17. The number of nitrogens with zero attached hydrogens (tertiary/aromatic N) is 1. The first-order valence-electron chi connectivity index (χ1n) is 5.63. The molecule has 0 radical (unpaired) electrons. The molecule has 0 saturated heterocycles. The smallest absolute Gasteiger partial charge is 0.335 e. The van der Waals surface area contributed by atoms with Gasteiger partial charge in [-0.05, 0) is 31.5 Å². The molecule has 100 valence electrons. The van der Waals surface area contributed by atoms with Gasteiger partial charge in [-0.1, -0.05) is 0 Å². The molecule has 0 aliphatic heterocycles. The van der Waals surface area contributed by atoms with E-state index in [4.69, 9.17) is 14.8 Å². The normalized spacial score (nSPS) is 11.4. The molecule has 0 bridgehead atoms. The Morgan fingerprint density at radius 3 is 2.50 bits per heavy atom. The lowest BCUT2D eigenvalue weighted by atomic mass is 10.3. The Balaban J connectivity index is 2.90. The van der Waals surface area contributed by atoms with Crippen LogP contribution in [-0.4, -0.2) is 24.1 Å². The lowest BCUT2D eigenvalue weighted by Crippen LogP contribution is -2.13. The van der Waals surface area contributed by atoms with Gasteiger partial charge in [-0.2, -0.15) is 0 Å². The number of hydrogen-bond acceptors (Lipinski definition) is 5. The molecule has 0 fully saturated rings. The van der Waals surface area contributed by atoms with Crippen molar-refractivity contribution in [3.63, 3.8) is 0 Å². The number of rotatable bonds is 7. The van der Waals surface area contributed by atoms with Crippen molar-refractivity contribution in [2.24, 2.45) is 5.73 Å². The molecular formula is C11H17N2O4P. The van der Waals surface area contributed by atoms with Gasteiger partial charge in [0.25, 0.3) is 5.91 Å². The predicted octanol–water partition coefficient (Wildman–Crippen LogP) is 1.95. The minimum absolute atomic E-state index is 0.0947. The van der Waals surface area contributed by atoms with E-state index in [1.807, 2.05) is 0 Å². The fourth-order valence-electron chi connectivity index (χ4n) is 1.45. The van der Waals surface area contributed by atoms with E-state index in [1.165, 1.54) is 12.3 Å². The van der Waals surface area contributed by atoms with Gasteiger partial charge in [-0.15, -0.1) is 0 Å². The van der Waals surface area contributed by atoms with Crippen LogP contribution < -0.4 is 5.73 Å². The van der Waals surface area contributed by atoms with Crippen molar-refractivity contribution in [2.45, 2.75) is 20.0 Å². The van der Waals surface area contributed by atoms with Crippen molar-refractivity contribution < 1.29 is 18.4 Å². The van der Waals surface area contributed by atoms with Gasteiger partial charge in [0, 0.05) is 6.20 Å². The zero-order valence-corrected chi connectivity index (χ0v) is 11.4. The highest BCUT2D eigenvalue weighted by molar-refractivity contribution is 7.53. The molecule has 1 rings (SSSR count). The molecule has 1 aromatic rings. The minimum Gasteiger partial charge on any atom is -0.364 e. The van der Waals surface area contributed by atoms with Crippen LogP contribution in [0.15, 0.2) is 18.3 Å². The van der Waals surface area contributed by atoms with Crippen molar-refractivity contribution in [1.29, 1.82) is 0 Å². The molecule has 2 N–H and O–H groups in total. The molecule has 0 spiro atoms. The van der Waals surface area contributed by atoms with E-state index in [0.29, 0.717) is 18.8 Å². The zero-order valence-electron chi connectivity index (χ0n) is 10.5. The topological polar surface area (TPSA) is 91.5 Å². The summed E-state index contributed by atoms with van der Waals surface area (Å²) >= 11 is 0. The molecule has 0 aromatic carbocycles. The van der Waals surface area contributed by atoms with Crippen molar-refractivity contribution >= 4 is 13.5 Å². The van der Waals surface area contributed by atoms with Crippen LogP contribution in [0, 0.1) is 0 Å².